The Bertz CT molecular complexity index is 1050. The molecule has 3 unspecified atom stereocenters. The van der Waals surface area contributed by atoms with Gasteiger partial charge < -0.3 is 9.80 Å². The smallest absolute Gasteiger partial charge is 0.245 e. The van der Waals surface area contributed by atoms with Crippen molar-refractivity contribution in [3.05, 3.63) is 59.7 Å². The topological polar surface area (TPSA) is 43.9 Å². The second-order valence-corrected chi connectivity index (χ2v) is 11.2. The Morgan fingerprint density at radius 3 is 2.17 bits per heavy atom. The van der Waals surface area contributed by atoms with E-state index in [2.05, 4.69) is 86.0 Å². The van der Waals surface area contributed by atoms with Gasteiger partial charge in [-0.25, -0.2) is 0 Å². The van der Waals surface area contributed by atoms with Crippen molar-refractivity contribution in [3.63, 3.8) is 0 Å². The molecule has 2 aliphatic heterocycles. The van der Waals surface area contributed by atoms with Crippen LogP contribution in [-0.2, 0) is 9.59 Å². The molecule has 2 aromatic carbocycles. The molecule has 2 aromatic rings. The number of nitrogens with zero attached hydrogens (tertiary/aromatic N) is 3. The van der Waals surface area contributed by atoms with Gasteiger partial charge in [0.1, 0.15) is 12.2 Å². The Morgan fingerprint density at radius 1 is 0.943 bits per heavy atom. The molecule has 0 radical (unpaired) electrons. The van der Waals surface area contributed by atoms with Gasteiger partial charge in [-0.05, 0) is 40.5 Å². The highest BCUT2D eigenvalue weighted by Crippen LogP contribution is 2.45. The van der Waals surface area contributed by atoms with Crippen LogP contribution in [0.4, 0.5) is 0 Å². The molecule has 5 rings (SSSR count). The zero-order valence-corrected chi connectivity index (χ0v) is 21.6. The van der Waals surface area contributed by atoms with Gasteiger partial charge in [0.2, 0.25) is 11.8 Å². The van der Waals surface area contributed by atoms with E-state index in [-0.39, 0.29) is 29.9 Å². The van der Waals surface area contributed by atoms with Crippen LogP contribution in [0.5, 0.6) is 0 Å². The van der Waals surface area contributed by atoms with E-state index in [1.54, 1.807) is 0 Å². The lowest BCUT2D eigenvalue weighted by Gasteiger charge is -2.53. The molecule has 2 heterocycles. The molecular formula is C30H39N3O2. The average Bonchev–Trinajstić information content (AvgIpc) is 3.16. The summed E-state index contributed by atoms with van der Waals surface area (Å²) in [5.74, 6) is 1.36. The van der Waals surface area contributed by atoms with Gasteiger partial charge in [0, 0.05) is 32.0 Å². The number of piperazine rings is 1. The molecule has 186 valence electrons. The van der Waals surface area contributed by atoms with Gasteiger partial charge in [-0.15, -0.1) is 0 Å². The molecule has 3 atom stereocenters. The third kappa shape index (κ3) is 4.40. The van der Waals surface area contributed by atoms with Gasteiger partial charge in [0.25, 0.3) is 0 Å². The van der Waals surface area contributed by atoms with Gasteiger partial charge in [0.05, 0.1) is 6.54 Å². The predicted octanol–water partition coefficient (Wildman–Crippen LogP) is 4.96. The molecule has 0 aromatic heterocycles. The summed E-state index contributed by atoms with van der Waals surface area (Å²) in [4.78, 5) is 33.4. The number of fused-ring (bicyclic) bond motifs is 4. The van der Waals surface area contributed by atoms with Crippen LogP contribution in [0, 0.1) is 11.8 Å². The average molecular weight is 474 g/mol. The van der Waals surface area contributed by atoms with Crippen molar-refractivity contribution in [2.75, 3.05) is 26.2 Å². The number of amides is 2. The van der Waals surface area contributed by atoms with Crippen LogP contribution < -0.4 is 0 Å². The van der Waals surface area contributed by atoms with Crippen LogP contribution >= 0.6 is 0 Å². The Labute approximate surface area is 210 Å². The third-order valence-electron chi connectivity index (χ3n) is 8.26. The predicted molar refractivity (Wildman–Crippen MR) is 140 cm³/mol. The van der Waals surface area contributed by atoms with E-state index < -0.39 is 0 Å². The number of carbonyl (C=O) groups excluding carboxylic acids is 2. The van der Waals surface area contributed by atoms with Crippen LogP contribution in [0.2, 0.25) is 0 Å². The van der Waals surface area contributed by atoms with Crippen molar-refractivity contribution in [2.45, 2.75) is 65.1 Å². The summed E-state index contributed by atoms with van der Waals surface area (Å²) in [6.07, 6.45) is 2.20. The van der Waals surface area contributed by atoms with Crippen molar-refractivity contribution in [2.24, 2.45) is 11.8 Å². The van der Waals surface area contributed by atoms with Crippen LogP contribution in [0.15, 0.2) is 48.5 Å². The van der Waals surface area contributed by atoms with E-state index in [1.807, 2.05) is 4.90 Å². The first-order valence-corrected chi connectivity index (χ1v) is 13.4. The molecule has 35 heavy (non-hydrogen) atoms. The summed E-state index contributed by atoms with van der Waals surface area (Å²) in [7, 11) is 0. The zero-order chi connectivity index (χ0) is 24.7. The van der Waals surface area contributed by atoms with Gasteiger partial charge >= 0.3 is 0 Å². The molecule has 0 saturated carbocycles. The number of hydrogen-bond acceptors (Lipinski definition) is 3. The minimum absolute atomic E-state index is 0.0540. The van der Waals surface area contributed by atoms with E-state index in [1.165, 1.54) is 22.3 Å². The number of hydrogen-bond donors (Lipinski definition) is 0. The van der Waals surface area contributed by atoms with Crippen molar-refractivity contribution in [3.8, 4) is 11.1 Å². The van der Waals surface area contributed by atoms with Crippen LogP contribution in [0.1, 0.15) is 64.0 Å². The largest absolute Gasteiger partial charge is 0.337 e. The van der Waals surface area contributed by atoms with Crippen molar-refractivity contribution in [1.82, 2.24) is 14.7 Å². The standard InChI is InChI=1S/C30H39N3O2/c1-5-21(4)17-32-19-28-31(15-14-29(34)33(28)27(30(32)35)16-20(2)3)18-26-24-12-8-6-10-22(24)23-11-7-9-13-25(23)26/h6-13,20-21,26-28H,5,14-19H2,1-4H3. The zero-order valence-electron chi connectivity index (χ0n) is 21.6. The van der Waals surface area contributed by atoms with Gasteiger partial charge in [0.15, 0.2) is 0 Å². The summed E-state index contributed by atoms with van der Waals surface area (Å²) < 4.78 is 0. The molecule has 3 aliphatic rings. The fraction of sp³-hybridized carbons (Fsp3) is 0.533. The first kappa shape index (κ1) is 24.1. The highest BCUT2D eigenvalue weighted by Gasteiger charge is 2.48. The maximum absolute atomic E-state index is 13.6. The van der Waals surface area contributed by atoms with E-state index in [0.29, 0.717) is 24.8 Å². The quantitative estimate of drug-likeness (QED) is 0.571. The highest BCUT2D eigenvalue weighted by molar-refractivity contribution is 5.90. The fourth-order valence-corrected chi connectivity index (χ4v) is 6.30. The lowest BCUT2D eigenvalue weighted by molar-refractivity contribution is -0.171. The summed E-state index contributed by atoms with van der Waals surface area (Å²) in [5, 5.41) is 0. The van der Waals surface area contributed by atoms with E-state index in [0.717, 1.165) is 32.5 Å². The molecule has 0 N–H and O–H groups in total. The molecular weight excluding hydrogens is 434 g/mol. The molecule has 1 aliphatic carbocycles. The second-order valence-electron chi connectivity index (χ2n) is 11.2. The van der Waals surface area contributed by atoms with Crippen LogP contribution in [0.3, 0.4) is 0 Å². The molecule has 2 fully saturated rings. The van der Waals surface area contributed by atoms with Crippen molar-refractivity contribution in [1.29, 1.82) is 0 Å². The number of carbonyl (C=O) groups is 2. The SMILES string of the molecule is CCC(C)CN1CC2N(CC3c4ccccc4-c4ccccc43)CCC(=O)N2C(CC(C)C)C1=O. The number of benzene rings is 2. The third-order valence-corrected chi connectivity index (χ3v) is 8.26. The Hall–Kier alpha value is -2.66. The molecule has 5 heteroatoms. The maximum atomic E-state index is 13.6. The van der Waals surface area contributed by atoms with Gasteiger partial charge in [-0.2, -0.15) is 0 Å². The summed E-state index contributed by atoms with van der Waals surface area (Å²) in [6, 6.07) is 17.1. The highest BCUT2D eigenvalue weighted by atomic mass is 16.2. The molecule has 2 amide bonds. The maximum Gasteiger partial charge on any atom is 0.245 e. The van der Waals surface area contributed by atoms with E-state index in [4.69, 9.17) is 0 Å². The van der Waals surface area contributed by atoms with E-state index >= 15 is 0 Å². The first-order valence-electron chi connectivity index (χ1n) is 13.4. The Morgan fingerprint density at radius 2 is 1.57 bits per heavy atom. The molecule has 0 bridgehead atoms. The molecule has 5 nitrogen and oxygen atoms in total. The summed E-state index contributed by atoms with van der Waals surface area (Å²) in [5.41, 5.74) is 5.40. The Balaban J connectivity index is 1.48. The van der Waals surface area contributed by atoms with E-state index in [9.17, 15) is 9.59 Å². The summed E-state index contributed by atoms with van der Waals surface area (Å²) in [6.45, 7) is 11.7. The van der Waals surface area contributed by atoms with Gasteiger partial charge in [-0.1, -0.05) is 82.6 Å². The summed E-state index contributed by atoms with van der Waals surface area (Å²) >= 11 is 0. The minimum Gasteiger partial charge on any atom is -0.337 e. The lowest BCUT2D eigenvalue weighted by Crippen LogP contribution is -2.71. The first-order chi connectivity index (χ1) is 16.9. The molecule has 2 saturated heterocycles. The van der Waals surface area contributed by atoms with Crippen LogP contribution in [0.25, 0.3) is 11.1 Å². The van der Waals surface area contributed by atoms with Gasteiger partial charge in [-0.3, -0.25) is 14.5 Å². The van der Waals surface area contributed by atoms with Crippen molar-refractivity contribution >= 4 is 11.8 Å². The second kappa shape index (κ2) is 9.77. The normalized spacial score (nSPS) is 23.5. The molecule has 0 spiro atoms. The lowest BCUT2D eigenvalue weighted by atomic mass is 9.92. The fourth-order valence-electron chi connectivity index (χ4n) is 6.30. The number of rotatable bonds is 7. The minimum atomic E-state index is -0.351. The monoisotopic (exact) mass is 473 g/mol. The van der Waals surface area contributed by atoms with Crippen LogP contribution in [-0.4, -0.2) is 64.9 Å². The van der Waals surface area contributed by atoms with Crippen molar-refractivity contribution < 1.29 is 9.59 Å². The Kier molecular flexibility index (Phi) is 6.71.